The molecular formula is C11H18N2O. The minimum Gasteiger partial charge on any atom is -0.396 e. The van der Waals surface area contributed by atoms with E-state index in [0.717, 1.165) is 0 Å². The average Bonchev–Trinajstić information content (AvgIpc) is 2.27. The first-order chi connectivity index (χ1) is 6.83. The minimum atomic E-state index is 0.0717. The molecule has 1 aromatic rings. The van der Waals surface area contributed by atoms with Gasteiger partial charge in [0.15, 0.2) is 0 Å². The molecule has 0 bridgehead atoms. The Morgan fingerprint density at radius 2 is 2.00 bits per heavy atom. The molecule has 0 aliphatic carbocycles. The topological polar surface area (TPSA) is 58.3 Å². The Kier molecular flexibility index (Phi) is 4.59. The molecular weight excluding hydrogens is 176 g/mol. The standard InChI is InChI=1S/C11H18N2O/c1-13-11(10(7-12)8-14)9-5-3-2-4-6-9/h2-6,10-11,13-14H,7-8,12H2,1H3/t10-,11-/m0/s1. The molecule has 78 valence electrons. The molecule has 3 nitrogen and oxygen atoms in total. The van der Waals surface area contributed by atoms with Crippen molar-refractivity contribution in [2.24, 2.45) is 11.7 Å². The van der Waals surface area contributed by atoms with Crippen molar-refractivity contribution in [1.82, 2.24) is 5.32 Å². The summed E-state index contributed by atoms with van der Waals surface area (Å²) >= 11 is 0. The van der Waals surface area contributed by atoms with Crippen LogP contribution >= 0.6 is 0 Å². The maximum absolute atomic E-state index is 9.17. The summed E-state index contributed by atoms with van der Waals surface area (Å²) in [6.07, 6.45) is 0. The number of hydrogen-bond acceptors (Lipinski definition) is 3. The average molecular weight is 194 g/mol. The Balaban J connectivity index is 2.81. The van der Waals surface area contributed by atoms with E-state index >= 15 is 0 Å². The molecule has 2 atom stereocenters. The highest BCUT2D eigenvalue weighted by Crippen LogP contribution is 2.20. The molecule has 0 saturated heterocycles. The molecule has 1 rings (SSSR count). The number of rotatable bonds is 5. The number of aliphatic hydroxyl groups excluding tert-OH is 1. The molecule has 0 fully saturated rings. The van der Waals surface area contributed by atoms with Crippen LogP contribution in [-0.2, 0) is 0 Å². The van der Waals surface area contributed by atoms with Crippen LogP contribution in [0.25, 0.3) is 0 Å². The molecule has 3 heteroatoms. The van der Waals surface area contributed by atoms with E-state index in [1.807, 2.05) is 37.4 Å². The van der Waals surface area contributed by atoms with Gasteiger partial charge in [0.25, 0.3) is 0 Å². The highest BCUT2D eigenvalue weighted by Gasteiger charge is 2.18. The van der Waals surface area contributed by atoms with Crippen molar-refractivity contribution < 1.29 is 5.11 Å². The number of nitrogens with one attached hydrogen (secondary N) is 1. The summed E-state index contributed by atoms with van der Waals surface area (Å²) in [5.41, 5.74) is 6.76. The van der Waals surface area contributed by atoms with Gasteiger partial charge >= 0.3 is 0 Å². The lowest BCUT2D eigenvalue weighted by Gasteiger charge is -2.24. The van der Waals surface area contributed by atoms with Crippen LogP contribution in [0.4, 0.5) is 0 Å². The van der Waals surface area contributed by atoms with Crippen LogP contribution in [0.2, 0.25) is 0 Å². The van der Waals surface area contributed by atoms with E-state index in [0.29, 0.717) is 6.54 Å². The predicted octanol–water partition coefficient (Wildman–Crippen LogP) is 0.514. The molecule has 0 unspecified atom stereocenters. The van der Waals surface area contributed by atoms with Crippen LogP contribution in [0.1, 0.15) is 11.6 Å². The van der Waals surface area contributed by atoms with E-state index in [-0.39, 0.29) is 18.6 Å². The molecule has 0 saturated carbocycles. The first kappa shape index (κ1) is 11.2. The second-order valence-corrected chi connectivity index (χ2v) is 3.36. The zero-order chi connectivity index (χ0) is 10.4. The van der Waals surface area contributed by atoms with Crippen LogP contribution in [-0.4, -0.2) is 25.3 Å². The molecule has 1 aromatic carbocycles. The minimum absolute atomic E-state index is 0.0717. The van der Waals surface area contributed by atoms with Crippen LogP contribution in [0.5, 0.6) is 0 Å². The molecule has 4 N–H and O–H groups in total. The number of benzene rings is 1. The molecule has 0 spiro atoms. The maximum atomic E-state index is 9.17. The van der Waals surface area contributed by atoms with Gasteiger partial charge in [0.05, 0.1) is 0 Å². The van der Waals surface area contributed by atoms with Crippen molar-refractivity contribution in [3.63, 3.8) is 0 Å². The normalized spacial score (nSPS) is 15.1. The summed E-state index contributed by atoms with van der Waals surface area (Å²) in [6.45, 7) is 0.591. The summed E-state index contributed by atoms with van der Waals surface area (Å²) in [7, 11) is 1.88. The highest BCUT2D eigenvalue weighted by atomic mass is 16.3. The van der Waals surface area contributed by atoms with Gasteiger partial charge in [-0.1, -0.05) is 30.3 Å². The molecule has 0 aliphatic rings. The SMILES string of the molecule is CN[C@@H](c1ccccc1)[C@@H](CN)CO. The van der Waals surface area contributed by atoms with E-state index in [1.165, 1.54) is 5.56 Å². The zero-order valence-corrected chi connectivity index (χ0v) is 8.48. The monoisotopic (exact) mass is 194 g/mol. The zero-order valence-electron chi connectivity index (χ0n) is 8.48. The lowest BCUT2D eigenvalue weighted by Crippen LogP contribution is -2.32. The summed E-state index contributed by atoms with van der Waals surface area (Å²) in [6, 6.07) is 10.2. The van der Waals surface area contributed by atoms with Crippen LogP contribution in [0.15, 0.2) is 30.3 Å². The lowest BCUT2D eigenvalue weighted by molar-refractivity contribution is 0.198. The molecule has 0 aliphatic heterocycles. The maximum Gasteiger partial charge on any atom is 0.0489 e. The number of nitrogens with two attached hydrogens (primary N) is 1. The Morgan fingerprint density at radius 3 is 2.43 bits per heavy atom. The van der Waals surface area contributed by atoms with Gasteiger partial charge in [0.1, 0.15) is 0 Å². The first-order valence-corrected chi connectivity index (χ1v) is 4.86. The van der Waals surface area contributed by atoms with Crippen LogP contribution in [0, 0.1) is 5.92 Å². The van der Waals surface area contributed by atoms with Crippen LogP contribution < -0.4 is 11.1 Å². The Hall–Kier alpha value is -0.900. The van der Waals surface area contributed by atoms with Crippen molar-refractivity contribution in [3.05, 3.63) is 35.9 Å². The quantitative estimate of drug-likeness (QED) is 0.640. The van der Waals surface area contributed by atoms with Gasteiger partial charge < -0.3 is 16.2 Å². The fourth-order valence-corrected chi connectivity index (χ4v) is 1.65. The van der Waals surface area contributed by atoms with Crippen molar-refractivity contribution >= 4 is 0 Å². The molecule has 0 amide bonds. The Morgan fingerprint density at radius 1 is 1.36 bits per heavy atom. The van der Waals surface area contributed by atoms with Gasteiger partial charge in [-0.2, -0.15) is 0 Å². The summed E-state index contributed by atoms with van der Waals surface area (Å²) in [5, 5.41) is 12.3. The number of hydrogen-bond donors (Lipinski definition) is 3. The van der Waals surface area contributed by atoms with E-state index < -0.39 is 0 Å². The second-order valence-electron chi connectivity index (χ2n) is 3.36. The fourth-order valence-electron chi connectivity index (χ4n) is 1.65. The lowest BCUT2D eigenvalue weighted by atomic mass is 9.94. The third kappa shape index (κ3) is 2.54. The highest BCUT2D eigenvalue weighted by molar-refractivity contribution is 5.19. The van der Waals surface area contributed by atoms with E-state index in [9.17, 15) is 0 Å². The first-order valence-electron chi connectivity index (χ1n) is 4.86. The smallest absolute Gasteiger partial charge is 0.0489 e. The van der Waals surface area contributed by atoms with Crippen molar-refractivity contribution in [1.29, 1.82) is 0 Å². The third-order valence-corrected chi connectivity index (χ3v) is 2.48. The van der Waals surface area contributed by atoms with E-state index in [4.69, 9.17) is 10.8 Å². The van der Waals surface area contributed by atoms with Gasteiger partial charge in [-0.3, -0.25) is 0 Å². The van der Waals surface area contributed by atoms with Gasteiger partial charge in [-0.15, -0.1) is 0 Å². The van der Waals surface area contributed by atoms with E-state index in [2.05, 4.69) is 5.32 Å². The second kappa shape index (κ2) is 5.75. The van der Waals surface area contributed by atoms with Gasteiger partial charge in [0, 0.05) is 18.6 Å². The Bertz CT molecular complexity index is 247. The molecule has 0 heterocycles. The molecule has 0 aromatic heterocycles. The van der Waals surface area contributed by atoms with Gasteiger partial charge in [-0.25, -0.2) is 0 Å². The summed E-state index contributed by atoms with van der Waals surface area (Å²) in [4.78, 5) is 0. The van der Waals surface area contributed by atoms with Gasteiger partial charge in [0.2, 0.25) is 0 Å². The summed E-state index contributed by atoms with van der Waals surface area (Å²) in [5.74, 6) is 0.0717. The van der Waals surface area contributed by atoms with Crippen molar-refractivity contribution in [3.8, 4) is 0 Å². The fraction of sp³-hybridized carbons (Fsp3) is 0.455. The third-order valence-electron chi connectivity index (χ3n) is 2.48. The van der Waals surface area contributed by atoms with Crippen LogP contribution in [0.3, 0.4) is 0 Å². The number of aliphatic hydroxyl groups is 1. The largest absolute Gasteiger partial charge is 0.396 e. The molecule has 0 radical (unpaired) electrons. The summed E-state index contributed by atoms with van der Waals surface area (Å²) < 4.78 is 0. The van der Waals surface area contributed by atoms with Gasteiger partial charge in [-0.05, 0) is 19.2 Å². The van der Waals surface area contributed by atoms with E-state index in [1.54, 1.807) is 0 Å². The van der Waals surface area contributed by atoms with Crippen molar-refractivity contribution in [2.75, 3.05) is 20.2 Å². The Labute approximate surface area is 84.9 Å². The predicted molar refractivity (Wildman–Crippen MR) is 57.9 cm³/mol. The molecule has 14 heavy (non-hydrogen) atoms. The van der Waals surface area contributed by atoms with Crippen molar-refractivity contribution in [2.45, 2.75) is 6.04 Å².